The van der Waals surface area contributed by atoms with Gasteiger partial charge in [-0.1, -0.05) is 41.7 Å². The number of nitrogens with zero attached hydrogens (tertiary/aromatic N) is 3. The number of carbonyl (C=O) groups is 1. The van der Waals surface area contributed by atoms with Crippen molar-refractivity contribution < 1.29 is 4.79 Å². The van der Waals surface area contributed by atoms with E-state index in [9.17, 15) is 4.79 Å². The van der Waals surface area contributed by atoms with Crippen LogP contribution in [0.1, 0.15) is 34.3 Å². The highest BCUT2D eigenvalue weighted by atomic mass is 32.1. The van der Waals surface area contributed by atoms with Crippen LogP contribution >= 0.6 is 11.5 Å². The molecule has 1 aromatic heterocycles. The predicted molar refractivity (Wildman–Crippen MR) is 96.3 cm³/mol. The van der Waals surface area contributed by atoms with E-state index in [1.165, 1.54) is 17.1 Å². The summed E-state index contributed by atoms with van der Waals surface area (Å²) in [5, 5.41) is 7.06. The molecule has 2 aromatic rings. The molecule has 1 aliphatic heterocycles. The minimum atomic E-state index is -0.0235. The highest BCUT2D eigenvalue weighted by Gasteiger charge is 2.23. The Bertz CT molecular complexity index is 658. The minimum absolute atomic E-state index is 0.0235. The summed E-state index contributed by atoms with van der Waals surface area (Å²) in [6, 6.07) is 10.6. The van der Waals surface area contributed by atoms with Crippen LogP contribution in [0.15, 0.2) is 30.3 Å². The third-order valence-corrected chi connectivity index (χ3v) is 5.34. The number of hydrogen-bond acceptors (Lipinski definition) is 5. The number of likely N-dealkylation sites (tertiary alicyclic amines) is 1. The van der Waals surface area contributed by atoms with Gasteiger partial charge in [0.15, 0.2) is 0 Å². The van der Waals surface area contributed by atoms with E-state index >= 15 is 0 Å². The summed E-state index contributed by atoms with van der Waals surface area (Å²) >= 11 is 1.19. The van der Waals surface area contributed by atoms with E-state index in [2.05, 4.69) is 50.1 Å². The summed E-state index contributed by atoms with van der Waals surface area (Å²) in [6.07, 6.45) is 2.99. The van der Waals surface area contributed by atoms with Gasteiger partial charge in [-0.2, -0.15) is 0 Å². The lowest BCUT2D eigenvalue weighted by Crippen LogP contribution is -2.31. The number of aryl methyl sites for hydroxylation is 1. The zero-order valence-electron chi connectivity index (χ0n) is 14.1. The summed E-state index contributed by atoms with van der Waals surface area (Å²) in [5.74, 6) is 0.514. The first-order chi connectivity index (χ1) is 11.8. The van der Waals surface area contributed by atoms with E-state index in [0.717, 1.165) is 51.1 Å². The maximum absolute atomic E-state index is 12.2. The van der Waals surface area contributed by atoms with Gasteiger partial charge in [-0.15, -0.1) is 5.10 Å². The third-order valence-electron chi connectivity index (χ3n) is 4.58. The van der Waals surface area contributed by atoms with E-state index in [-0.39, 0.29) is 5.91 Å². The van der Waals surface area contributed by atoms with Crippen molar-refractivity contribution in [3.63, 3.8) is 0 Å². The molecule has 128 valence electrons. The molecule has 0 unspecified atom stereocenters. The molecule has 1 N–H and O–H groups in total. The zero-order valence-corrected chi connectivity index (χ0v) is 14.9. The van der Waals surface area contributed by atoms with Crippen molar-refractivity contribution in [2.24, 2.45) is 5.92 Å². The van der Waals surface area contributed by atoms with E-state index in [1.807, 2.05) is 6.92 Å². The fourth-order valence-corrected chi connectivity index (χ4v) is 3.81. The first kappa shape index (κ1) is 17.0. The highest BCUT2D eigenvalue weighted by Crippen LogP contribution is 2.17. The lowest BCUT2D eigenvalue weighted by Gasteiger charge is -2.16. The SMILES string of the molecule is CCc1nnsc1C(=O)NC[C@H]1CCN(CCc2ccccc2)C1. The Hall–Kier alpha value is -1.79. The van der Waals surface area contributed by atoms with Crippen LogP contribution in [0.4, 0.5) is 0 Å². The Balaban J connectivity index is 1.41. The molecule has 24 heavy (non-hydrogen) atoms. The summed E-state index contributed by atoms with van der Waals surface area (Å²) in [5.41, 5.74) is 2.19. The van der Waals surface area contributed by atoms with Gasteiger partial charge in [-0.25, -0.2) is 0 Å². The van der Waals surface area contributed by atoms with Crippen LogP contribution in [0.2, 0.25) is 0 Å². The van der Waals surface area contributed by atoms with Crippen molar-refractivity contribution in [2.45, 2.75) is 26.2 Å². The third kappa shape index (κ3) is 4.39. The number of rotatable bonds is 7. The highest BCUT2D eigenvalue weighted by molar-refractivity contribution is 7.08. The maximum Gasteiger partial charge on any atom is 0.264 e. The first-order valence-electron chi connectivity index (χ1n) is 8.62. The van der Waals surface area contributed by atoms with Crippen LogP contribution in [0.5, 0.6) is 0 Å². The van der Waals surface area contributed by atoms with Crippen LogP contribution in [0.25, 0.3) is 0 Å². The predicted octanol–water partition coefficient (Wildman–Crippen LogP) is 2.39. The van der Waals surface area contributed by atoms with Gasteiger partial charge in [0.05, 0.1) is 5.69 Å². The number of carbonyl (C=O) groups excluding carboxylic acids is 1. The molecule has 0 aliphatic carbocycles. The van der Waals surface area contributed by atoms with Crippen LogP contribution < -0.4 is 5.32 Å². The molecular weight excluding hydrogens is 320 g/mol. The largest absolute Gasteiger partial charge is 0.351 e. The molecule has 3 rings (SSSR count). The molecule has 1 atom stereocenters. The number of aromatic nitrogens is 2. The molecular formula is C18H24N4OS. The molecule has 1 saturated heterocycles. The fraction of sp³-hybridized carbons (Fsp3) is 0.500. The van der Waals surface area contributed by atoms with Gasteiger partial charge in [0.2, 0.25) is 0 Å². The Morgan fingerprint density at radius 3 is 3.00 bits per heavy atom. The molecule has 0 saturated carbocycles. The summed E-state index contributed by atoms with van der Waals surface area (Å²) in [7, 11) is 0. The molecule has 0 spiro atoms. The standard InChI is InChI=1S/C18H24N4OS/c1-2-16-17(24-21-20-16)18(23)19-12-15-9-11-22(13-15)10-8-14-6-4-3-5-7-14/h3-7,15H,2,8-13H2,1H3,(H,19,23)/t15-/m1/s1. The van der Waals surface area contributed by atoms with Crippen molar-refractivity contribution in [3.05, 3.63) is 46.5 Å². The first-order valence-corrected chi connectivity index (χ1v) is 9.39. The summed E-state index contributed by atoms with van der Waals surface area (Å²) in [4.78, 5) is 15.4. The van der Waals surface area contributed by atoms with E-state index in [4.69, 9.17) is 0 Å². The van der Waals surface area contributed by atoms with Gasteiger partial charge in [0.1, 0.15) is 4.88 Å². The molecule has 0 radical (unpaired) electrons. The van der Waals surface area contributed by atoms with Gasteiger partial charge in [0, 0.05) is 19.6 Å². The maximum atomic E-state index is 12.2. The topological polar surface area (TPSA) is 58.1 Å². The molecule has 5 nitrogen and oxygen atoms in total. The Labute approximate surface area is 147 Å². The zero-order chi connectivity index (χ0) is 16.8. The van der Waals surface area contributed by atoms with Gasteiger partial charge < -0.3 is 10.2 Å². The summed E-state index contributed by atoms with van der Waals surface area (Å²) in [6.45, 7) is 6.01. The van der Waals surface area contributed by atoms with Crippen molar-refractivity contribution in [1.82, 2.24) is 19.8 Å². The van der Waals surface area contributed by atoms with Crippen molar-refractivity contribution >= 4 is 17.4 Å². The van der Waals surface area contributed by atoms with E-state index in [0.29, 0.717) is 10.8 Å². The van der Waals surface area contributed by atoms with Gasteiger partial charge in [0.25, 0.3) is 5.91 Å². The van der Waals surface area contributed by atoms with Crippen LogP contribution in [-0.2, 0) is 12.8 Å². The minimum Gasteiger partial charge on any atom is -0.351 e. The molecule has 1 amide bonds. The van der Waals surface area contributed by atoms with Crippen molar-refractivity contribution in [3.8, 4) is 0 Å². The Morgan fingerprint density at radius 1 is 1.38 bits per heavy atom. The second kappa shape index (κ2) is 8.35. The van der Waals surface area contributed by atoms with Crippen LogP contribution in [0, 0.1) is 5.92 Å². The Morgan fingerprint density at radius 2 is 2.21 bits per heavy atom. The number of benzene rings is 1. The quantitative estimate of drug-likeness (QED) is 0.838. The van der Waals surface area contributed by atoms with Gasteiger partial charge >= 0.3 is 0 Å². The van der Waals surface area contributed by atoms with E-state index in [1.54, 1.807) is 0 Å². The number of amides is 1. The fourth-order valence-electron chi connectivity index (χ4n) is 3.14. The van der Waals surface area contributed by atoms with Crippen LogP contribution in [-0.4, -0.2) is 46.6 Å². The number of hydrogen-bond donors (Lipinski definition) is 1. The Kier molecular flexibility index (Phi) is 5.93. The normalized spacial score (nSPS) is 18.0. The average molecular weight is 344 g/mol. The van der Waals surface area contributed by atoms with Crippen molar-refractivity contribution in [1.29, 1.82) is 0 Å². The molecule has 6 heteroatoms. The van der Waals surface area contributed by atoms with Crippen molar-refractivity contribution in [2.75, 3.05) is 26.2 Å². The molecule has 2 heterocycles. The van der Waals surface area contributed by atoms with Gasteiger partial charge in [-0.3, -0.25) is 4.79 Å². The van der Waals surface area contributed by atoms with Gasteiger partial charge in [-0.05, 0) is 48.8 Å². The average Bonchev–Trinajstić information content (AvgIpc) is 3.28. The summed E-state index contributed by atoms with van der Waals surface area (Å²) < 4.78 is 3.88. The molecule has 0 bridgehead atoms. The van der Waals surface area contributed by atoms with E-state index < -0.39 is 0 Å². The molecule has 1 aromatic carbocycles. The van der Waals surface area contributed by atoms with Crippen LogP contribution in [0.3, 0.4) is 0 Å². The lowest BCUT2D eigenvalue weighted by atomic mass is 10.1. The monoisotopic (exact) mass is 344 g/mol. The second-order valence-corrected chi connectivity index (χ2v) is 7.06. The smallest absolute Gasteiger partial charge is 0.264 e. The number of nitrogens with one attached hydrogen (secondary N) is 1. The lowest BCUT2D eigenvalue weighted by molar-refractivity contribution is 0.0950. The second-order valence-electron chi connectivity index (χ2n) is 6.30. The molecule has 1 fully saturated rings. The molecule has 1 aliphatic rings.